The Kier molecular flexibility index (Phi) is 5.69. The number of rotatable bonds is 4. The fraction of sp³-hybridized carbons (Fsp3) is 0.556. The summed E-state index contributed by atoms with van der Waals surface area (Å²) in [5.74, 6) is 0.0148. The minimum Gasteiger partial charge on any atom is -0.465 e. The third-order valence-corrected chi connectivity index (χ3v) is 3.92. The molecule has 0 saturated carbocycles. The van der Waals surface area contributed by atoms with E-state index in [1.165, 1.54) is 7.11 Å². The minimum absolute atomic E-state index is 0.384. The van der Waals surface area contributed by atoms with Gasteiger partial charge in [0.15, 0.2) is 5.75 Å². The lowest BCUT2D eigenvalue weighted by molar-refractivity contribution is -1.04. The Balaban J connectivity index is 2.28. The van der Waals surface area contributed by atoms with Gasteiger partial charge in [-0.25, -0.2) is 4.79 Å². The molecule has 7 heteroatoms. The first kappa shape index (κ1) is 19.2. The Labute approximate surface area is 148 Å². The molecule has 1 fully saturated rings. The number of quaternary nitrogens is 1. The van der Waals surface area contributed by atoms with Gasteiger partial charge in [-0.3, -0.25) is 0 Å². The van der Waals surface area contributed by atoms with E-state index in [4.69, 9.17) is 14.3 Å². The summed E-state index contributed by atoms with van der Waals surface area (Å²) in [4.78, 5) is 30.4. The van der Waals surface area contributed by atoms with Crippen LogP contribution in [0.3, 0.4) is 0 Å². The summed E-state index contributed by atoms with van der Waals surface area (Å²) in [5, 5.41) is 0. The molecule has 25 heavy (non-hydrogen) atoms. The molecule has 1 aliphatic rings. The van der Waals surface area contributed by atoms with Gasteiger partial charge in [-0.05, 0) is 49.7 Å². The maximum absolute atomic E-state index is 12.8. The summed E-state index contributed by atoms with van der Waals surface area (Å²) < 4.78 is 15.3. The van der Waals surface area contributed by atoms with Crippen molar-refractivity contribution in [3.05, 3.63) is 29.8 Å². The zero-order chi connectivity index (χ0) is 18.7. The average Bonchev–Trinajstić information content (AvgIpc) is 2.97. The van der Waals surface area contributed by atoms with Crippen LogP contribution in [0.15, 0.2) is 24.3 Å². The molecule has 0 N–H and O–H groups in total. The van der Waals surface area contributed by atoms with E-state index in [2.05, 4.69) is 4.74 Å². The monoisotopic (exact) mass is 352 g/mol. The van der Waals surface area contributed by atoms with Crippen LogP contribution in [0.4, 0.5) is 4.79 Å². The number of benzene rings is 1. The fourth-order valence-electron chi connectivity index (χ4n) is 2.79. The molecule has 0 radical (unpaired) electrons. The molecular formula is C18H26NO6+. The summed E-state index contributed by atoms with van der Waals surface area (Å²) in [6.07, 6.45) is 0.526. The molecule has 1 saturated heterocycles. The van der Waals surface area contributed by atoms with Crippen LogP contribution in [0.2, 0.25) is 0 Å². The first-order valence-corrected chi connectivity index (χ1v) is 8.24. The Morgan fingerprint density at radius 1 is 1.12 bits per heavy atom. The number of carbonyl (C=O) groups is 2. The number of methoxy groups -OCH3 is 2. The highest BCUT2D eigenvalue weighted by molar-refractivity contribution is 5.89. The van der Waals surface area contributed by atoms with E-state index < -0.39 is 23.9 Å². The topological polar surface area (TPSA) is 71.1 Å². The predicted octanol–water partition coefficient (Wildman–Crippen LogP) is 3.29. The van der Waals surface area contributed by atoms with Crippen molar-refractivity contribution in [1.82, 2.24) is 0 Å². The van der Waals surface area contributed by atoms with Crippen LogP contribution >= 0.6 is 0 Å². The van der Waals surface area contributed by atoms with Crippen molar-refractivity contribution in [3.8, 4) is 5.75 Å². The normalized spacial score (nSPS) is 23.2. The van der Waals surface area contributed by atoms with E-state index in [9.17, 15) is 9.59 Å². The third kappa shape index (κ3) is 4.29. The van der Waals surface area contributed by atoms with E-state index >= 15 is 0 Å². The molecule has 1 aromatic rings. The maximum atomic E-state index is 12.8. The van der Waals surface area contributed by atoms with Crippen LogP contribution in [0.25, 0.3) is 0 Å². The molecule has 138 valence electrons. The molecule has 1 aromatic carbocycles. The van der Waals surface area contributed by atoms with Crippen molar-refractivity contribution in [2.45, 2.75) is 45.4 Å². The van der Waals surface area contributed by atoms with E-state index in [-0.39, 0.29) is 4.65 Å². The molecule has 0 aromatic heterocycles. The van der Waals surface area contributed by atoms with Gasteiger partial charge >= 0.3 is 12.1 Å². The molecule has 1 amide bonds. The summed E-state index contributed by atoms with van der Waals surface area (Å²) in [7, 11) is 2.87. The molecule has 7 nitrogen and oxygen atoms in total. The lowest BCUT2D eigenvalue weighted by atomic mass is 10.2. The number of amides is 1. The first-order valence-electron chi connectivity index (χ1n) is 8.24. The summed E-state index contributed by atoms with van der Waals surface area (Å²) >= 11 is 0. The van der Waals surface area contributed by atoms with Gasteiger partial charge in [0.2, 0.25) is 6.23 Å². The molecule has 1 heterocycles. The number of hydroxylamine groups is 3. The van der Waals surface area contributed by atoms with Gasteiger partial charge in [0.25, 0.3) is 0 Å². The van der Waals surface area contributed by atoms with E-state index in [0.717, 1.165) is 6.42 Å². The van der Waals surface area contributed by atoms with Crippen molar-refractivity contribution in [1.29, 1.82) is 0 Å². The van der Waals surface area contributed by atoms with Crippen molar-refractivity contribution in [2.75, 3.05) is 20.8 Å². The second-order valence-electron chi connectivity index (χ2n) is 6.94. The number of nitrogens with zero attached hydrogens (tertiary/aromatic N) is 1. The highest BCUT2D eigenvalue weighted by Crippen LogP contribution is 2.33. The Morgan fingerprint density at radius 3 is 2.28 bits per heavy atom. The van der Waals surface area contributed by atoms with Gasteiger partial charge in [0.05, 0.1) is 12.7 Å². The molecule has 0 bridgehead atoms. The number of carbonyl (C=O) groups excluding carboxylic acids is 2. The number of ether oxygens (including phenoxy) is 3. The van der Waals surface area contributed by atoms with Crippen LogP contribution in [0.5, 0.6) is 5.75 Å². The van der Waals surface area contributed by atoms with Gasteiger partial charge in [0.1, 0.15) is 12.1 Å². The minimum atomic E-state index is -0.638. The van der Waals surface area contributed by atoms with Gasteiger partial charge in [-0.15, -0.1) is 0 Å². The highest BCUT2D eigenvalue weighted by Gasteiger charge is 2.55. The fourth-order valence-corrected chi connectivity index (χ4v) is 2.79. The van der Waals surface area contributed by atoms with Gasteiger partial charge < -0.3 is 19.0 Å². The van der Waals surface area contributed by atoms with Crippen LogP contribution in [0, 0.1) is 0 Å². The summed E-state index contributed by atoms with van der Waals surface area (Å²) in [5.41, 5.74) is -0.232. The van der Waals surface area contributed by atoms with Crippen LogP contribution in [0.1, 0.15) is 44.0 Å². The van der Waals surface area contributed by atoms with Gasteiger partial charge in [0, 0.05) is 20.0 Å². The Morgan fingerprint density at radius 2 is 1.76 bits per heavy atom. The molecule has 0 aliphatic carbocycles. The number of hydrogen-bond acceptors (Lipinski definition) is 6. The van der Waals surface area contributed by atoms with Crippen molar-refractivity contribution in [2.24, 2.45) is 0 Å². The molecule has 2 unspecified atom stereocenters. The standard InChI is InChI=1S/C18H26NO6/c1-18(2,3)24-17(21)19(12-6-7-15(19)22-4)25-14-10-8-13(9-11-14)16(20)23-5/h8-11,15H,6-7,12H2,1-5H3/q+1. The molecule has 1 aliphatic heterocycles. The lowest BCUT2D eigenvalue weighted by Crippen LogP contribution is -2.60. The first-order chi connectivity index (χ1) is 11.7. The van der Waals surface area contributed by atoms with Crippen molar-refractivity contribution in [3.63, 3.8) is 0 Å². The molecule has 0 spiro atoms. The van der Waals surface area contributed by atoms with Crippen molar-refractivity contribution < 1.29 is 33.3 Å². The lowest BCUT2D eigenvalue weighted by Gasteiger charge is -2.34. The summed E-state index contributed by atoms with van der Waals surface area (Å²) in [6.45, 7) is 5.88. The third-order valence-electron chi connectivity index (χ3n) is 3.92. The zero-order valence-electron chi connectivity index (χ0n) is 15.4. The molecule has 2 atom stereocenters. The van der Waals surface area contributed by atoms with Crippen LogP contribution in [-0.4, -0.2) is 49.3 Å². The predicted molar refractivity (Wildman–Crippen MR) is 89.8 cm³/mol. The van der Waals surface area contributed by atoms with Crippen molar-refractivity contribution >= 4 is 12.1 Å². The second kappa shape index (κ2) is 7.41. The molecule has 2 rings (SSSR count). The number of hydrogen-bond donors (Lipinski definition) is 0. The molecular weight excluding hydrogens is 326 g/mol. The largest absolute Gasteiger partial charge is 0.561 e. The quantitative estimate of drug-likeness (QED) is 0.612. The van der Waals surface area contributed by atoms with E-state index in [0.29, 0.717) is 24.3 Å². The van der Waals surface area contributed by atoms with Gasteiger partial charge in [-0.1, -0.05) is 0 Å². The van der Waals surface area contributed by atoms with E-state index in [1.807, 2.05) is 20.8 Å². The zero-order valence-corrected chi connectivity index (χ0v) is 15.4. The van der Waals surface area contributed by atoms with E-state index in [1.54, 1.807) is 31.4 Å². The van der Waals surface area contributed by atoms with Crippen LogP contribution < -0.4 is 4.84 Å². The smallest absolute Gasteiger partial charge is 0.465 e. The highest BCUT2D eigenvalue weighted by atomic mass is 16.8. The average molecular weight is 352 g/mol. The number of esters is 1. The Bertz CT molecular complexity index is 621. The van der Waals surface area contributed by atoms with Crippen LogP contribution in [-0.2, 0) is 14.2 Å². The SMILES string of the molecule is COC(=O)c1ccc(O[N+]2(C(=O)OC(C)(C)C)CCCC2OC)cc1. The summed E-state index contributed by atoms with van der Waals surface area (Å²) in [6, 6.07) is 6.43. The maximum Gasteiger partial charge on any atom is 0.561 e. The second-order valence-corrected chi connectivity index (χ2v) is 6.94. The van der Waals surface area contributed by atoms with Gasteiger partial charge in [-0.2, -0.15) is 4.79 Å². The Hall–Kier alpha value is -2.12. The number of likely N-dealkylation sites (tertiary alicyclic amines) is 1.